The first-order valence-corrected chi connectivity index (χ1v) is 6.06. The molecule has 1 aromatic heterocycles. The molecule has 0 amide bonds. The van der Waals surface area contributed by atoms with Crippen LogP contribution in [0.2, 0.25) is 0 Å². The van der Waals surface area contributed by atoms with Crippen molar-refractivity contribution in [2.45, 2.75) is 25.1 Å². The Morgan fingerprint density at radius 2 is 2.29 bits per heavy atom. The van der Waals surface area contributed by atoms with E-state index in [0.717, 1.165) is 35.7 Å². The molecular formula is C14H15FN2. The lowest BCUT2D eigenvalue weighted by Crippen LogP contribution is -2.26. The molecule has 88 valence electrons. The highest BCUT2D eigenvalue weighted by molar-refractivity contribution is 5.85. The van der Waals surface area contributed by atoms with Gasteiger partial charge in [-0.25, -0.2) is 4.39 Å². The summed E-state index contributed by atoms with van der Waals surface area (Å²) in [5.41, 5.74) is 0.759. The van der Waals surface area contributed by atoms with E-state index in [2.05, 4.69) is 10.3 Å². The standard InChI is InChI=1S/C14H15FN2/c15-14(13-5-2-7-17-13)11-4-1-3-10-6-8-16-9-12(10)11/h1,3-4,6,8-9,13-14,17H,2,5,7H2. The van der Waals surface area contributed by atoms with Crippen molar-refractivity contribution in [1.29, 1.82) is 0 Å². The number of aromatic nitrogens is 1. The molecule has 0 saturated carbocycles. The van der Waals surface area contributed by atoms with Crippen LogP contribution in [-0.4, -0.2) is 17.6 Å². The number of hydrogen-bond acceptors (Lipinski definition) is 2. The van der Waals surface area contributed by atoms with Crippen molar-refractivity contribution in [3.63, 3.8) is 0 Å². The van der Waals surface area contributed by atoms with E-state index in [0.29, 0.717) is 0 Å². The van der Waals surface area contributed by atoms with Crippen LogP contribution in [0, 0.1) is 0 Å². The molecular weight excluding hydrogens is 215 g/mol. The number of benzene rings is 1. The predicted octanol–water partition coefficient (Wildman–Crippen LogP) is 3.00. The molecule has 0 radical (unpaired) electrons. The molecule has 17 heavy (non-hydrogen) atoms. The second-order valence-corrected chi connectivity index (χ2v) is 4.55. The Labute approximate surface area is 99.9 Å². The second kappa shape index (κ2) is 4.41. The third-order valence-corrected chi connectivity index (χ3v) is 3.47. The van der Waals surface area contributed by atoms with Crippen molar-refractivity contribution >= 4 is 10.8 Å². The molecule has 0 spiro atoms. The Morgan fingerprint density at radius 1 is 1.35 bits per heavy atom. The summed E-state index contributed by atoms with van der Waals surface area (Å²) in [5, 5.41) is 5.21. The summed E-state index contributed by atoms with van der Waals surface area (Å²) in [6.45, 7) is 0.925. The average Bonchev–Trinajstić information content (AvgIpc) is 2.91. The minimum atomic E-state index is -0.939. The summed E-state index contributed by atoms with van der Waals surface area (Å²) in [7, 11) is 0. The van der Waals surface area contributed by atoms with Crippen molar-refractivity contribution in [1.82, 2.24) is 10.3 Å². The molecule has 3 rings (SSSR count). The fraction of sp³-hybridized carbons (Fsp3) is 0.357. The fourth-order valence-corrected chi connectivity index (χ4v) is 2.56. The lowest BCUT2D eigenvalue weighted by molar-refractivity contribution is 0.273. The quantitative estimate of drug-likeness (QED) is 0.857. The van der Waals surface area contributed by atoms with E-state index < -0.39 is 6.17 Å². The highest BCUT2D eigenvalue weighted by Gasteiger charge is 2.26. The third kappa shape index (κ3) is 1.91. The maximum atomic E-state index is 14.5. The van der Waals surface area contributed by atoms with Crippen LogP contribution in [0.5, 0.6) is 0 Å². The zero-order chi connectivity index (χ0) is 11.7. The van der Waals surface area contributed by atoms with Crippen LogP contribution in [-0.2, 0) is 0 Å². The molecule has 0 bridgehead atoms. The fourth-order valence-electron chi connectivity index (χ4n) is 2.56. The van der Waals surface area contributed by atoms with Crippen LogP contribution in [0.1, 0.15) is 24.6 Å². The van der Waals surface area contributed by atoms with Gasteiger partial charge in [-0.2, -0.15) is 0 Å². The van der Waals surface area contributed by atoms with Gasteiger partial charge in [-0.15, -0.1) is 0 Å². The van der Waals surface area contributed by atoms with Crippen molar-refractivity contribution in [2.75, 3.05) is 6.54 Å². The molecule has 1 aliphatic heterocycles. The number of hydrogen-bond donors (Lipinski definition) is 1. The van der Waals surface area contributed by atoms with Crippen molar-refractivity contribution in [3.8, 4) is 0 Å². The summed E-state index contributed by atoms with van der Waals surface area (Å²) < 4.78 is 14.5. The summed E-state index contributed by atoms with van der Waals surface area (Å²) >= 11 is 0. The zero-order valence-electron chi connectivity index (χ0n) is 9.57. The highest BCUT2D eigenvalue weighted by Crippen LogP contribution is 2.31. The van der Waals surface area contributed by atoms with Crippen molar-refractivity contribution in [3.05, 3.63) is 42.2 Å². The van der Waals surface area contributed by atoms with Crippen LogP contribution in [0.4, 0.5) is 4.39 Å². The molecule has 1 aliphatic rings. The van der Waals surface area contributed by atoms with Crippen LogP contribution in [0.3, 0.4) is 0 Å². The normalized spacial score (nSPS) is 21.8. The van der Waals surface area contributed by atoms with E-state index in [1.165, 1.54) is 0 Å². The topological polar surface area (TPSA) is 24.9 Å². The lowest BCUT2D eigenvalue weighted by Gasteiger charge is -2.17. The smallest absolute Gasteiger partial charge is 0.141 e. The van der Waals surface area contributed by atoms with Crippen LogP contribution >= 0.6 is 0 Å². The van der Waals surface area contributed by atoms with Gasteiger partial charge in [-0.1, -0.05) is 18.2 Å². The average molecular weight is 230 g/mol. The van der Waals surface area contributed by atoms with Gasteiger partial charge in [0, 0.05) is 23.8 Å². The summed E-state index contributed by atoms with van der Waals surface area (Å²) in [6, 6.07) is 7.66. The van der Waals surface area contributed by atoms with Gasteiger partial charge in [-0.05, 0) is 36.4 Å². The molecule has 0 aliphatic carbocycles. The van der Waals surface area contributed by atoms with E-state index >= 15 is 0 Å². The summed E-state index contributed by atoms with van der Waals surface area (Å²) in [4.78, 5) is 4.10. The zero-order valence-corrected chi connectivity index (χ0v) is 9.57. The molecule has 2 atom stereocenters. The van der Waals surface area contributed by atoms with E-state index in [9.17, 15) is 4.39 Å². The van der Waals surface area contributed by atoms with Gasteiger partial charge in [-0.3, -0.25) is 4.98 Å². The van der Waals surface area contributed by atoms with Gasteiger partial charge in [0.05, 0.1) is 0 Å². The molecule has 1 N–H and O–H groups in total. The molecule has 2 unspecified atom stereocenters. The highest BCUT2D eigenvalue weighted by atomic mass is 19.1. The van der Waals surface area contributed by atoms with Crippen LogP contribution in [0.15, 0.2) is 36.7 Å². The number of fused-ring (bicyclic) bond motifs is 1. The van der Waals surface area contributed by atoms with Crippen molar-refractivity contribution in [2.24, 2.45) is 0 Å². The molecule has 2 aromatic rings. The van der Waals surface area contributed by atoms with Gasteiger partial charge in [0.25, 0.3) is 0 Å². The molecule has 2 heterocycles. The number of alkyl halides is 1. The number of rotatable bonds is 2. The predicted molar refractivity (Wildman–Crippen MR) is 66.6 cm³/mol. The van der Waals surface area contributed by atoms with E-state index in [1.54, 1.807) is 12.4 Å². The monoisotopic (exact) mass is 230 g/mol. The molecule has 1 fully saturated rings. The second-order valence-electron chi connectivity index (χ2n) is 4.55. The first-order chi connectivity index (χ1) is 8.36. The number of halogens is 1. The molecule has 2 nitrogen and oxygen atoms in total. The molecule has 1 saturated heterocycles. The maximum Gasteiger partial charge on any atom is 0.141 e. The van der Waals surface area contributed by atoms with Gasteiger partial charge in [0.15, 0.2) is 0 Å². The molecule has 1 aromatic carbocycles. The van der Waals surface area contributed by atoms with Crippen LogP contribution in [0.25, 0.3) is 10.8 Å². The Hall–Kier alpha value is -1.48. The Balaban J connectivity index is 2.04. The van der Waals surface area contributed by atoms with E-state index in [1.807, 2.05) is 24.3 Å². The summed E-state index contributed by atoms with van der Waals surface area (Å²) in [6.07, 6.45) is 4.54. The van der Waals surface area contributed by atoms with Gasteiger partial charge in [0.2, 0.25) is 0 Å². The third-order valence-electron chi connectivity index (χ3n) is 3.47. The first kappa shape index (κ1) is 10.7. The van der Waals surface area contributed by atoms with E-state index in [-0.39, 0.29) is 6.04 Å². The maximum absolute atomic E-state index is 14.5. The number of nitrogens with one attached hydrogen (secondary N) is 1. The lowest BCUT2D eigenvalue weighted by atomic mass is 9.97. The van der Waals surface area contributed by atoms with Crippen molar-refractivity contribution < 1.29 is 4.39 Å². The Kier molecular flexibility index (Phi) is 2.77. The Morgan fingerprint density at radius 3 is 3.12 bits per heavy atom. The first-order valence-electron chi connectivity index (χ1n) is 6.06. The number of nitrogens with zero attached hydrogens (tertiary/aromatic N) is 1. The number of pyridine rings is 1. The van der Waals surface area contributed by atoms with Gasteiger partial charge < -0.3 is 5.32 Å². The minimum Gasteiger partial charge on any atom is -0.311 e. The van der Waals surface area contributed by atoms with E-state index in [4.69, 9.17) is 0 Å². The summed E-state index contributed by atoms with van der Waals surface area (Å²) in [5.74, 6) is 0. The van der Waals surface area contributed by atoms with Gasteiger partial charge >= 0.3 is 0 Å². The van der Waals surface area contributed by atoms with Gasteiger partial charge in [0.1, 0.15) is 6.17 Å². The Bertz CT molecular complexity index is 515. The minimum absolute atomic E-state index is 0.0409. The largest absolute Gasteiger partial charge is 0.311 e. The molecule has 3 heteroatoms. The van der Waals surface area contributed by atoms with Crippen LogP contribution < -0.4 is 5.32 Å². The SMILES string of the molecule is FC(c1cccc2ccncc12)C1CCCN1.